The maximum Gasteiger partial charge on any atom is 0.247 e. The molecule has 37 heavy (non-hydrogen) atoms. The third-order valence-corrected chi connectivity index (χ3v) is 6.14. The molecule has 0 aliphatic carbocycles. The Morgan fingerprint density at radius 2 is 1.68 bits per heavy atom. The molecule has 0 atom stereocenters. The van der Waals surface area contributed by atoms with Crippen LogP contribution in [0.1, 0.15) is 5.56 Å². The van der Waals surface area contributed by atoms with Gasteiger partial charge in [-0.3, -0.25) is 9.88 Å². The third kappa shape index (κ3) is 5.77. The molecule has 0 saturated heterocycles. The number of aromatic nitrogens is 4. The molecule has 2 aromatic carbocycles. The van der Waals surface area contributed by atoms with E-state index in [9.17, 15) is 0 Å². The average molecular weight is 495 g/mol. The van der Waals surface area contributed by atoms with Gasteiger partial charge in [0.25, 0.3) is 0 Å². The van der Waals surface area contributed by atoms with Gasteiger partial charge in [-0.15, -0.1) is 5.10 Å². The van der Waals surface area contributed by atoms with Crippen molar-refractivity contribution in [3.63, 3.8) is 0 Å². The SMILES string of the molecule is COCCN(C)Cc1ccc(-c2ccc(Nc3nc4cccc(-c5ccc(OC)cc5)n4n3)cn2)cc1. The van der Waals surface area contributed by atoms with Gasteiger partial charge in [-0.1, -0.05) is 30.3 Å². The van der Waals surface area contributed by atoms with Crippen LogP contribution >= 0.6 is 0 Å². The summed E-state index contributed by atoms with van der Waals surface area (Å²) in [6.07, 6.45) is 1.80. The summed E-state index contributed by atoms with van der Waals surface area (Å²) < 4.78 is 12.3. The average Bonchev–Trinajstić information content (AvgIpc) is 3.35. The fourth-order valence-electron chi connectivity index (χ4n) is 4.12. The van der Waals surface area contributed by atoms with Gasteiger partial charge in [-0.05, 0) is 61.1 Å². The Morgan fingerprint density at radius 1 is 0.892 bits per heavy atom. The highest BCUT2D eigenvalue weighted by molar-refractivity contribution is 5.66. The summed E-state index contributed by atoms with van der Waals surface area (Å²) in [6, 6.07) is 26.3. The van der Waals surface area contributed by atoms with Crippen molar-refractivity contribution >= 4 is 17.3 Å². The van der Waals surface area contributed by atoms with Gasteiger partial charge in [0.2, 0.25) is 5.95 Å². The van der Waals surface area contributed by atoms with Crippen molar-refractivity contribution < 1.29 is 9.47 Å². The Balaban J connectivity index is 1.28. The van der Waals surface area contributed by atoms with E-state index in [0.29, 0.717) is 5.95 Å². The first-order valence-electron chi connectivity index (χ1n) is 12.1. The number of hydrogen-bond donors (Lipinski definition) is 1. The molecule has 0 amide bonds. The number of ether oxygens (including phenoxy) is 2. The van der Waals surface area contributed by atoms with Crippen molar-refractivity contribution in [2.75, 3.05) is 39.7 Å². The number of benzene rings is 2. The first-order valence-corrected chi connectivity index (χ1v) is 12.1. The maximum absolute atomic E-state index is 5.27. The highest BCUT2D eigenvalue weighted by Crippen LogP contribution is 2.25. The molecule has 0 unspecified atom stereocenters. The zero-order chi connectivity index (χ0) is 25.6. The molecule has 0 bridgehead atoms. The van der Waals surface area contributed by atoms with E-state index in [1.165, 1.54) is 5.56 Å². The smallest absolute Gasteiger partial charge is 0.247 e. The van der Waals surface area contributed by atoms with Crippen molar-refractivity contribution in [3.05, 3.63) is 90.6 Å². The summed E-state index contributed by atoms with van der Waals surface area (Å²) in [5.41, 5.74) is 6.80. The fourth-order valence-corrected chi connectivity index (χ4v) is 4.12. The second kappa shape index (κ2) is 11.2. The molecular weight excluding hydrogens is 464 g/mol. The predicted octanol–water partition coefficient (Wildman–Crippen LogP) is 5.29. The lowest BCUT2D eigenvalue weighted by molar-refractivity contribution is 0.158. The monoisotopic (exact) mass is 494 g/mol. The number of rotatable bonds is 10. The number of methoxy groups -OCH3 is 2. The Kier molecular flexibility index (Phi) is 7.39. The molecule has 0 fully saturated rings. The Hall–Kier alpha value is -4.27. The summed E-state index contributed by atoms with van der Waals surface area (Å²) in [7, 11) is 5.48. The Labute approximate surface area is 216 Å². The van der Waals surface area contributed by atoms with Crippen LogP contribution in [0.15, 0.2) is 85.1 Å². The van der Waals surface area contributed by atoms with Crippen molar-refractivity contribution in [2.24, 2.45) is 0 Å². The van der Waals surface area contributed by atoms with Crippen LogP contribution in [0.5, 0.6) is 5.75 Å². The van der Waals surface area contributed by atoms with Crippen molar-refractivity contribution in [2.45, 2.75) is 6.54 Å². The van der Waals surface area contributed by atoms with Crippen LogP contribution in [0.2, 0.25) is 0 Å². The van der Waals surface area contributed by atoms with Gasteiger partial charge in [0.15, 0.2) is 5.65 Å². The predicted molar refractivity (Wildman–Crippen MR) is 146 cm³/mol. The number of fused-ring (bicyclic) bond motifs is 1. The van der Waals surface area contributed by atoms with Gasteiger partial charge < -0.3 is 14.8 Å². The molecule has 0 radical (unpaired) electrons. The summed E-state index contributed by atoms with van der Waals surface area (Å²) in [5, 5.41) is 7.96. The van der Waals surface area contributed by atoms with Gasteiger partial charge >= 0.3 is 0 Å². The molecule has 3 aromatic heterocycles. The molecule has 3 heterocycles. The summed E-state index contributed by atoms with van der Waals surface area (Å²) in [4.78, 5) is 11.5. The third-order valence-electron chi connectivity index (χ3n) is 6.14. The zero-order valence-corrected chi connectivity index (χ0v) is 21.3. The number of pyridine rings is 2. The maximum atomic E-state index is 5.27. The van der Waals surface area contributed by atoms with Gasteiger partial charge in [-0.25, -0.2) is 4.52 Å². The lowest BCUT2D eigenvalue weighted by Crippen LogP contribution is -2.22. The first kappa shape index (κ1) is 24.4. The number of likely N-dealkylation sites (N-methyl/N-ethyl adjacent to an activating group) is 1. The van der Waals surface area contributed by atoms with E-state index in [-0.39, 0.29) is 0 Å². The van der Waals surface area contributed by atoms with Crippen LogP contribution in [0.4, 0.5) is 11.6 Å². The quantitative estimate of drug-likeness (QED) is 0.283. The second-order valence-electron chi connectivity index (χ2n) is 8.83. The first-order chi connectivity index (χ1) is 18.1. The van der Waals surface area contributed by atoms with E-state index in [2.05, 4.69) is 56.6 Å². The van der Waals surface area contributed by atoms with Gasteiger partial charge in [0.05, 0.1) is 37.0 Å². The lowest BCUT2D eigenvalue weighted by atomic mass is 10.1. The largest absolute Gasteiger partial charge is 0.497 e. The summed E-state index contributed by atoms with van der Waals surface area (Å²) >= 11 is 0. The van der Waals surface area contributed by atoms with E-state index in [1.54, 1.807) is 20.4 Å². The number of anilines is 2. The molecule has 0 aliphatic heterocycles. The molecule has 1 N–H and O–H groups in total. The Bertz CT molecular complexity index is 1450. The summed E-state index contributed by atoms with van der Waals surface area (Å²) in [5.74, 6) is 1.33. The van der Waals surface area contributed by atoms with Gasteiger partial charge in [-0.2, -0.15) is 4.98 Å². The number of nitrogens with zero attached hydrogens (tertiary/aromatic N) is 5. The normalized spacial score (nSPS) is 11.2. The zero-order valence-electron chi connectivity index (χ0n) is 21.3. The summed E-state index contributed by atoms with van der Waals surface area (Å²) in [6.45, 7) is 2.51. The van der Waals surface area contributed by atoms with Crippen molar-refractivity contribution in [1.82, 2.24) is 24.5 Å². The minimum atomic E-state index is 0.512. The molecule has 188 valence electrons. The number of hydrogen-bond acceptors (Lipinski definition) is 7. The minimum Gasteiger partial charge on any atom is -0.497 e. The van der Waals surface area contributed by atoms with E-state index in [1.807, 2.05) is 59.1 Å². The molecule has 5 aromatic rings. The standard InChI is InChI=1S/C29H30N6O2/c1-34(17-18-36-2)20-21-7-9-22(10-8-21)26-16-13-24(19-30-26)31-29-32-28-6-4-5-27(35(28)33-29)23-11-14-25(37-3)15-12-23/h4-16,19H,17-18,20H2,1-3H3,(H,31,33). The topological polar surface area (TPSA) is 76.8 Å². The van der Waals surface area contributed by atoms with E-state index in [0.717, 1.165) is 59.3 Å². The van der Waals surface area contributed by atoms with E-state index in [4.69, 9.17) is 9.47 Å². The lowest BCUT2D eigenvalue weighted by Gasteiger charge is -2.16. The van der Waals surface area contributed by atoms with Crippen LogP contribution in [0.25, 0.3) is 28.2 Å². The minimum absolute atomic E-state index is 0.512. The van der Waals surface area contributed by atoms with Crippen LogP contribution < -0.4 is 10.1 Å². The number of nitrogens with one attached hydrogen (secondary N) is 1. The molecule has 5 rings (SSSR count). The molecule has 8 heteroatoms. The second-order valence-corrected chi connectivity index (χ2v) is 8.83. The molecule has 8 nitrogen and oxygen atoms in total. The fraction of sp³-hybridized carbons (Fsp3) is 0.207. The van der Waals surface area contributed by atoms with Crippen LogP contribution in [-0.2, 0) is 11.3 Å². The molecule has 0 spiro atoms. The molecule has 0 aliphatic rings. The van der Waals surface area contributed by atoms with Crippen molar-refractivity contribution in [1.29, 1.82) is 0 Å². The van der Waals surface area contributed by atoms with E-state index >= 15 is 0 Å². The van der Waals surface area contributed by atoms with Gasteiger partial charge in [0.1, 0.15) is 5.75 Å². The van der Waals surface area contributed by atoms with Crippen molar-refractivity contribution in [3.8, 4) is 28.3 Å². The highest BCUT2D eigenvalue weighted by Gasteiger charge is 2.10. The Morgan fingerprint density at radius 3 is 2.38 bits per heavy atom. The molecule has 0 saturated carbocycles. The van der Waals surface area contributed by atoms with Crippen LogP contribution in [-0.4, -0.2) is 58.9 Å². The van der Waals surface area contributed by atoms with Crippen LogP contribution in [0.3, 0.4) is 0 Å². The molecular formula is C29H30N6O2. The van der Waals surface area contributed by atoms with Gasteiger partial charge in [0, 0.05) is 31.3 Å². The highest BCUT2D eigenvalue weighted by atomic mass is 16.5. The van der Waals surface area contributed by atoms with Crippen LogP contribution in [0, 0.1) is 0 Å². The van der Waals surface area contributed by atoms with E-state index < -0.39 is 0 Å².